The third-order valence-corrected chi connectivity index (χ3v) is 8.11. The molecule has 1 aliphatic heterocycles. The number of amides is 1. The molecule has 3 aliphatic rings. The number of nitrogens with one attached hydrogen (secondary N) is 2. The Bertz CT molecular complexity index is 1320. The molecule has 0 spiro atoms. The largest absolute Gasteiger partial charge is 0.378 e. The summed E-state index contributed by atoms with van der Waals surface area (Å²) in [6, 6.07) is 5.32. The summed E-state index contributed by atoms with van der Waals surface area (Å²) in [5.41, 5.74) is 3.76. The van der Waals surface area contributed by atoms with Gasteiger partial charge in [-0.15, -0.1) is 0 Å². The molecule has 1 amide bonds. The summed E-state index contributed by atoms with van der Waals surface area (Å²) in [4.78, 5) is 19.2. The van der Waals surface area contributed by atoms with Crippen LogP contribution in [0.3, 0.4) is 0 Å². The van der Waals surface area contributed by atoms with Crippen molar-refractivity contribution in [3.05, 3.63) is 59.9 Å². The summed E-state index contributed by atoms with van der Waals surface area (Å²) >= 11 is 0. The number of hydrogen-bond acceptors (Lipinski definition) is 5. The van der Waals surface area contributed by atoms with E-state index in [9.17, 15) is 9.18 Å². The van der Waals surface area contributed by atoms with Crippen molar-refractivity contribution in [3.8, 4) is 16.8 Å². The summed E-state index contributed by atoms with van der Waals surface area (Å²) in [7, 11) is 0. The van der Waals surface area contributed by atoms with Gasteiger partial charge >= 0.3 is 0 Å². The fourth-order valence-corrected chi connectivity index (χ4v) is 5.76. The number of anilines is 1. The molecule has 38 heavy (non-hydrogen) atoms. The van der Waals surface area contributed by atoms with E-state index >= 15 is 4.39 Å². The maximum absolute atomic E-state index is 15.1. The van der Waals surface area contributed by atoms with Gasteiger partial charge in [0.1, 0.15) is 12.0 Å². The monoisotopic (exact) mass is 520 g/mol. The van der Waals surface area contributed by atoms with Crippen molar-refractivity contribution in [2.75, 3.05) is 18.4 Å². The molecule has 9 heteroatoms. The van der Waals surface area contributed by atoms with E-state index in [-0.39, 0.29) is 17.6 Å². The molecular weight excluding hydrogens is 486 g/mol. The fraction of sp³-hybridized carbons (Fsp3) is 0.483. The van der Waals surface area contributed by atoms with Crippen molar-refractivity contribution in [1.29, 1.82) is 0 Å². The highest BCUT2D eigenvalue weighted by molar-refractivity contribution is 5.95. The van der Waals surface area contributed by atoms with E-state index in [1.165, 1.54) is 31.7 Å². The number of benzene rings is 1. The van der Waals surface area contributed by atoms with Gasteiger partial charge in [-0.05, 0) is 62.8 Å². The number of pyridine rings is 1. The Labute approximate surface area is 221 Å². The van der Waals surface area contributed by atoms with Crippen LogP contribution in [0.4, 0.5) is 14.5 Å². The van der Waals surface area contributed by atoms with Crippen molar-refractivity contribution in [2.45, 2.75) is 76.2 Å². The lowest BCUT2D eigenvalue weighted by molar-refractivity contribution is 0.0912. The first-order chi connectivity index (χ1) is 18.4. The van der Waals surface area contributed by atoms with Crippen molar-refractivity contribution in [3.63, 3.8) is 0 Å². The molecule has 0 radical (unpaired) electrons. The molecular formula is C29H34F2N6O. The Hall–Kier alpha value is -3.33. The molecule has 1 aromatic carbocycles. The number of aromatic nitrogens is 3. The lowest BCUT2D eigenvalue weighted by Crippen LogP contribution is -2.50. The van der Waals surface area contributed by atoms with Gasteiger partial charge in [0.2, 0.25) is 0 Å². The molecule has 200 valence electrons. The Kier molecular flexibility index (Phi) is 6.86. The molecule has 0 unspecified atom stereocenters. The quantitative estimate of drug-likeness (QED) is 0.457. The second-order valence-corrected chi connectivity index (χ2v) is 11.0. The van der Waals surface area contributed by atoms with Crippen LogP contribution in [-0.4, -0.2) is 63.0 Å². The number of carbonyl (C=O) groups excluding carboxylic acids is 1. The van der Waals surface area contributed by atoms with Crippen molar-refractivity contribution in [1.82, 2.24) is 25.0 Å². The van der Waals surface area contributed by atoms with Gasteiger partial charge in [0.05, 0.1) is 29.2 Å². The summed E-state index contributed by atoms with van der Waals surface area (Å²) in [5.74, 6) is -0.943. The average molecular weight is 521 g/mol. The summed E-state index contributed by atoms with van der Waals surface area (Å²) < 4.78 is 31.3. The molecule has 3 heterocycles. The Morgan fingerprint density at radius 2 is 1.84 bits per heavy atom. The zero-order chi connectivity index (χ0) is 26.2. The van der Waals surface area contributed by atoms with Crippen LogP contribution in [0, 0.1) is 12.7 Å². The van der Waals surface area contributed by atoms with Gasteiger partial charge in [-0.3, -0.25) is 14.7 Å². The predicted octanol–water partition coefficient (Wildman–Crippen LogP) is 5.04. The lowest BCUT2D eigenvalue weighted by Gasteiger charge is -2.38. The summed E-state index contributed by atoms with van der Waals surface area (Å²) in [6.07, 6.45) is 13.6. The topological polar surface area (TPSA) is 75.1 Å². The number of alkyl halides is 1. The Morgan fingerprint density at radius 1 is 1.03 bits per heavy atom. The molecule has 2 N–H and O–H groups in total. The molecule has 2 aliphatic carbocycles. The molecule has 7 nitrogen and oxygen atoms in total. The number of piperidine rings is 1. The highest BCUT2D eigenvalue weighted by Crippen LogP contribution is 2.30. The van der Waals surface area contributed by atoms with Crippen LogP contribution >= 0.6 is 0 Å². The third kappa shape index (κ3) is 5.29. The number of halogens is 2. The smallest absolute Gasteiger partial charge is 0.254 e. The van der Waals surface area contributed by atoms with E-state index in [1.54, 1.807) is 36.3 Å². The summed E-state index contributed by atoms with van der Waals surface area (Å²) in [6.45, 7) is 3.19. The Morgan fingerprint density at radius 3 is 2.61 bits per heavy atom. The van der Waals surface area contributed by atoms with Gasteiger partial charge in [-0.1, -0.05) is 12.8 Å². The second-order valence-electron chi connectivity index (χ2n) is 11.0. The van der Waals surface area contributed by atoms with Crippen LogP contribution in [0.25, 0.3) is 16.8 Å². The SMILES string of the molecule is Cc1cc(F)c(C(=O)NC2CC2)cc1-n1cc(-c2cncc(N[C@H]3CCN(C4CCCC4)C[C@H]3F)c2)cn1. The van der Waals surface area contributed by atoms with Gasteiger partial charge in [-0.25, -0.2) is 13.5 Å². The molecule has 0 bridgehead atoms. The fourth-order valence-electron chi connectivity index (χ4n) is 5.76. The van der Waals surface area contributed by atoms with Gasteiger partial charge in [0.25, 0.3) is 5.91 Å². The minimum atomic E-state index is -0.927. The average Bonchev–Trinajstić information content (AvgIpc) is 3.34. The zero-order valence-electron chi connectivity index (χ0n) is 21.7. The highest BCUT2D eigenvalue weighted by Gasteiger charge is 2.33. The van der Waals surface area contributed by atoms with E-state index < -0.39 is 17.9 Å². The summed E-state index contributed by atoms with van der Waals surface area (Å²) in [5, 5.41) is 10.7. The minimum absolute atomic E-state index is 0.0159. The number of likely N-dealkylation sites (tertiary alicyclic amines) is 1. The van der Waals surface area contributed by atoms with Crippen LogP contribution < -0.4 is 10.6 Å². The number of rotatable bonds is 7. The van der Waals surface area contributed by atoms with E-state index in [2.05, 4.69) is 25.6 Å². The van der Waals surface area contributed by atoms with E-state index in [0.717, 1.165) is 42.6 Å². The van der Waals surface area contributed by atoms with Crippen LogP contribution in [0.5, 0.6) is 0 Å². The first kappa shape index (κ1) is 25.0. The Balaban J connectivity index is 1.16. The van der Waals surface area contributed by atoms with Gasteiger partial charge in [0.15, 0.2) is 0 Å². The number of nitrogens with zero attached hydrogens (tertiary/aromatic N) is 4. The first-order valence-corrected chi connectivity index (χ1v) is 13.7. The van der Waals surface area contributed by atoms with Crippen LogP contribution in [0.2, 0.25) is 0 Å². The van der Waals surface area contributed by atoms with E-state index in [1.807, 2.05) is 12.3 Å². The predicted molar refractivity (Wildman–Crippen MR) is 143 cm³/mol. The third-order valence-electron chi connectivity index (χ3n) is 8.11. The molecule has 6 rings (SSSR count). The minimum Gasteiger partial charge on any atom is -0.378 e. The number of hydrogen-bond donors (Lipinski definition) is 2. The standard InChI is InChI=1S/C29H34F2N6O/c1-18-10-25(30)24(29(38)35-21-6-7-21)12-28(18)37-16-20(14-33-37)19-11-22(15-32-13-19)34-27-8-9-36(17-26(27)31)23-4-2-3-5-23/h10-16,21,23,26-27,34H,2-9,17H2,1H3,(H,35,38)/t26-,27+/m1/s1. The maximum atomic E-state index is 15.1. The normalized spacial score (nSPS) is 22.5. The molecule has 3 fully saturated rings. The second kappa shape index (κ2) is 10.4. The van der Waals surface area contributed by atoms with E-state index in [4.69, 9.17) is 0 Å². The van der Waals surface area contributed by atoms with Gasteiger partial charge < -0.3 is 10.6 Å². The highest BCUT2D eigenvalue weighted by atomic mass is 19.1. The number of aryl methyl sites for hydroxylation is 1. The lowest BCUT2D eigenvalue weighted by atomic mass is 10.00. The molecule has 1 saturated heterocycles. The molecule has 2 atom stereocenters. The van der Waals surface area contributed by atoms with Crippen molar-refractivity contribution >= 4 is 11.6 Å². The van der Waals surface area contributed by atoms with Gasteiger partial charge in [0, 0.05) is 54.9 Å². The maximum Gasteiger partial charge on any atom is 0.254 e. The number of carbonyl (C=O) groups is 1. The van der Waals surface area contributed by atoms with Crippen LogP contribution in [0.1, 0.15) is 60.9 Å². The van der Waals surface area contributed by atoms with E-state index in [0.29, 0.717) is 23.8 Å². The van der Waals surface area contributed by atoms with Crippen LogP contribution in [-0.2, 0) is 0 Å². The van der Waals surface area contributed by atoms with Gasteiger partial charge in [-0.2, -0.15) is 5.10 Å². The first-order valence-electron chi connectivity index (χ1n) is 13.7. The van der Waals surface area contributed by atoms with Crippen molar-refractivity contribution in [2.24, 2.45) is 0 Å². The zero-order valence-corrected chi connectivity index (χ0v) is 21.7. The molecule has 2 aromatic heterocycles. The van der Waals surface area contributed by atoms with Crippen molar-refractivity contribution < 1.29 is 13.6 Å². The molecule has 2 saturated carbocycles. The molecule has 3 aromatic rings. The van der Waals surface area contributed by atoms with Crippen LogP contribution in [0.15, 0.2) is 43.0 Å².